The van der Waals surface area contributed by atoms with Crippen molar-refractivity contribution < 1.29 is 22.7 Å². The highest BCUT2D eigenvalue weighted by Crippen LogP contribution is 2.37. The quantitative estimate of drug-likeness (QED) is 0.303. The molecule has 3 N–H and O–H groups in total. The maximum absolute atomic E-state index is 13.4. The molecule has 2 atom stereocenters. The smallest absolute Gasteiger partial charge is 0.224 e. The summed E-state index contributed by atoms with van der Waals surface area (Å²) in [5, 5.41) is 1.93. The van der Waals surface area contributed by atoms with Crippen LogP contribution in [0.5, 0.6) is 11.5 Å². The molecule has 0 saturated heterocycles. The van der Waals surface area contributed by atoms with Gasteiger partial charge in [0, 0.05) is 23.9 Å². The summed E-state index contributed by atoms with van der Waals surface area (Å²) in [5.41, 5.74) is 8.76. The number of carbonyl (C=O) groups excluding carboxylic acids is 1. The molecule has 1 amide bonds. The summed E-state index contributed by atoms with van der Waals surface area (Å²) in [6, 6.07) is 11.0. The van der Waals surface area contributed by atoms with Crippen molar-refractivity contribution in [2.24, 2.45) is 5.73 Å². The van der Waals surface area contributed by atoms with Crippen LogP contribution in [-0.4, -0.2) is 34.3 Å². The van der Waals surface area contributed by atoms with E-state index < -0.39 is 15.2 Å². The third kappa shape index (κ3) is 8.20. The van der Waals surface area contributed by atoms with E-state index in [0.717, 1.165) is 36.8 Å². The Bertz CT molecular complexity index is 1160. The van der Waals surface area contributed by atoms with Gasteiger partial charge in [0.2, 0.25) is 5.91 Å². The number of nitrogens with two attached hydrogens (primary N) is 1. The molecule has 37 heavy (non-hydrogen) atoms. The van der Waals surface area contributed by atoms with E-state index in [1.165, 1.54) is 0 Å². The highest BCUT2D eigenvalue weighted by molar-refractivity contribution is 7.91. The average Bonchev–Trinajstić information content (AvgIpc) is 2.86. The fourth-order valence-electron chi connectivity index (χ4n) is 4.47. The van der Waals surface area contributed by atoms with Crippen molar-refractivity contribution in [2.45, 2.75) is 83.4 Å². The van der Waals surface area contributed by atoms with Crippen LogP contribution in [0.2, 0.25) is 0 Å². The predicted octanol–water partition coefficient (Wildman–Crippen LogP) is 6.09. The fraction of sp³-hybridized carbons (Fsp3) is 0.552. The lowest BCUT2D eigenvalue weighted by Gasteiger charge is -2.26. The van der Waals surface area contributed by atoms with Crippen LogP contribution in [0.15, 0.2) is 36.4 Å². The van der Waals surface area contributed by atoms with Crippen LogP contribution in [0, 0.1) is 0 Å². The molecule has 0 fully saturated rings. The summed E-state index contributed by atoms with van der Waals surface area (Å²) in [4.78, 5) is 13.4. The second-order valence-corrected chi connectivity index (χ2v) is 12.9. The molecule has 2 unspecified atom stereocenters. The molecule has 0 aliphatic rings. The van der Waals surface area contributed by atoms with Gasteiger partial charge in [0.05, 0.1) is 14.2 Å². The highest BCUT2D eigenvalue weighted by atomic mass is 32.2. The van der Waals surface area contributed by atoms with E-state index in [9.17, 15) is 13.2 Å². The van der Waals surface area contributed by atoms with Crippen LogP contribution in [-0.2, 0) is 20.0 Å². The highest BCUT2D eigenvalue weighted by Gasteiger charge is 2.26. The lowest BCUT2D eigenvalue weighted by Crippen LogP contribution is -2.25. The minimum atomic E-state index is -3.49. The van der Waals surface area contributed by atoms with Crippen molar-refractivity contribution in [3.8, 4) is 11.5 Å². The molecule has 0 saturated carbocycles. The second-order valence-electron chi connectivity index (χ2n) is 10.5. The van der Waals surface area contributed by atoms with Crippen molar-refractivity contribution in [3.05, 3.63) is 53.1 Å². The van der Waals surface area contributed by atoms with Crippen molar-refractivity contribution in [2.75, 3.05) is 25.3 Å². The number of rotatable bonds is 13. The van der Waals surface area contributed by atoms with Crippen LogP contribution in [0.25, 0.3) is 0 Å². The molecule has 0 bridgehead atoms. The monoisotopic (exact) mass is 532 g/mol. The lowest BCUT2D eigenvalue weighted by atomic mass is 9.85. The number of benzene rings is 2. The maximum Gasteiger partial charge on any atom is 0.224 e. The van der Waals surface area contributed by atoms with Crippen molar-refractivity contribution in [1.29, 1.82) is 0 Å². The zero-order valence-corrected chi connectivity index (χ0v) is 24.2. The normalized spacial score (nSPS) is 13.6. The molecule has 2 aromatic carbocycles. The summed E-state index contributed by atoms with van der Waals surface area (Å²) < 4.78 is 35.8. The first-order valence-electron chi connectivity index (χ1n) is 13.0. The topological polar surface area (TPSA) is 108 Å². The Morgan fingerprint density at radius 3 is 2.30 bits per heavy atom. The number of unbranched alkanes of at least 4 members (excludes halogenated alkanes) is 2. The predicted molar refractivity (Wildman–Crippen MR) is 151 cm³/mol. The van der Waals surface area contributed by atoms with Gasteiger partial charge in [-0.2, -0.15) is 0 Å². The molecule has 0 spiro atoms. The summed E-state index contributed by atoms with van der Waals surface area (Å²) in [6.07, 6.45) is 4.27. The summed E-state index contributed by atoms with van der Waals surface area (Å²) in [7, 11) is -0.254. The van der Waals surface area contributed by atoms with Crippen LogP contribution >= 0.6 is 0 Å². The first-order valence-corrected chi connectivity index (χ1v) is 14.7. The number of nitrogens with one attached hydrogen (secondary N) is 1. The van der Waals surface area contributed by atoms with Crippen molar-refractivity contribution in [1.82, 2.24) is 0 Å². The standard InChI is InChI=1S/C29H44N2O5S/c1-8-10-11-12-20(23-15-14-22(35-6)19-26(23)36-7)18-27(32)31-25-17-21(28(30)37(33,34)9-2)13-16-24(25)29(3,4)5/h13-17,19-20,28H,8-12,18,30H2,1-7H3,(H,31,32). The molecule has 2 rings (SSSR count). The zero-order chi connectivity index (χ0) is 27.8. The number of amides is 1. The molecule has 0 aliphatic heterocycles. The molecule has 7 nitrogen and oxygen atoms in total. The van der Waals surface area contributed by atoms with E-state index in [-0.39, 0.29) is 29.4 Å². The van der Waals surface area contributed by atoms with Gasteiger partial charge in [0.15, 0.2) is 9.84 Å². The molecule has 0 aliphatic carbocycles. The van der Waals surface area contributed by atoms with Gasteiger partial charge in [-0.1, -0.05) is 72.1 Å². The Labute approximate surface area is 223 Å². The number of anilines is 1. The molecule has 2 aromatic rings. The SMILES string of the molecule is CCCCCC(CC(=O)Nc1cc(C(N)S(=O)(=O)CC)ccc1C(C)(C)C)c1ccc(OC)cc1OC. The minimum absolute atomic E-state index is 0.0450. The minimum Gasteiger partial charge on any atom is -0.497 e. The van der Waals surface area contributed by atoms with Gasteiger partial charge < -0.3 is 20.5 Å². The van der Waals surface area contributed by atoms with Gasteiger partial charge in [0.1, 0.15) is 16.9 Å². The molecule has 8 heteroatoms. The van der Waals surface area contributed by atoms with Crippen LogP contribution < -0.4 is 20.5 Å². The van der Waals surface area contributed by atoms with Gasteiger partial charge >= 0.3 is 0 Å². The molecule has 206 valence electrons. The number of hydrogen-bond donors (Lipinski definition) is 2. The van der Waals surface area contributed by atoms with Gasteiger partial charge in [-0.25, -0.2) is 8.42 Å². The Kier molecular flexibility index (Phi) is 11.0. The third-order valence-electron chi connectivity index (χ3n) is 6.71. The Morgan fingerprint density at radius 2 is 1.73 bits per heavy atom. The molecule has 0 heterocycles. The van der Waals surface area contributed by atoms with Crippen molar-refractivity contribution >= 4 is 21.4 Å². The number of carbonyl (C=O) groups is 1. The number of methoxy groups -OCH3 is 2. The van der Waals surface area contributed by atoms with Gasteiger partial charge in [0.25, 0.3) is 0 Å². The van der Waals surface area contributed by atoms with E-state index in [4.69, 9.17) is 15.2 Å². The average molecular weight is 533 g/mol. The van der Waals surface area contributed by atoms with Gasteiger partial charge in [-0.05, 0) is 46.6 Å². The number of sulfone groups is 1. The Morgan fingerprint density at radius 1 is 1.03 bits per heavy atom. The fourth-order valence-corrected chi connectivity index (χ4v) is 5.39. The third-order valence-corrected chi connectivity index (χ3v) is 8.56. The van der Waals surface area contributed by atoms with E-state index in [0.29, 0.717) is 22.7 Å². The van der Waals surface area contributed by atoms with Gasteiger partial charge in [-0.3, -0.25) is 4.79 Å². The molecule has 0 aromatic heterocycles. The molecule has 0 radical (unpaired) electrons. The van der Waals surface area contributed by atoms with E-state index >= 15 is 0 Å². The van der Waals surface area contributed by atoms with Gasteiger partial charge in [-0.15, -0.1) is 0 Å². The summed E-state index contributed by atoms with van der Waals surface area (Å²) >= 11 is 0. The zero-order valence-electron chi connectivity index (χ0n) is 23.4. The van der Waals surface area contributed by atoms with E-state index in [1.807, 2.05) is 24.3 Å². The maximum atomic E-state index is 13.4. The van der Waals surface area contributed by atoms with E-state index in [1.54, 1.807) is 33.3 Å². The first-order chi connectivity index (χ1) is 17.4. The largest absolute Gasteiger partial charge is 0.497 e. The van der Waals surface area contributed by atoms with Crippen molar-refractivity contribution in [3.63, 3.8) is 0 Å². The van der Waals surface area contributed by atoms with Crippen LogP contribution in [0.3, 0.4) is 0 Å². The number of ether oxygens (including phenoxy) is 2. The van der Waals surface area contributed by atoms with E-state index in [2.05, 4.69) is 33.0 Å². The summed E-state index contributed by atoms with van der Waals surface area (Å²) in [6.45, 7) is 9.89. The van der Waals surface area contributed by atoms with Crippen LogP contribution in [0.1, 0.15) is 94.7 Å². The molecular formula is C29H44N2O5S. The molecular weight excluding hydrogens is 488 g/mol. The Hall–Kier alpha value is -2.58. The lowest BCUT2D eigenvalue weighted by molar-refractivity contribution is -0.116. The van der Waals surface area contributed by atoms with Crippen LogP contribution in [0.4, 0.5) is 5.69 Å². The number of hydrogen-bond acceptors (Lipinski definition) is 6. The second kappa shape index (κ2) is 13.3. The first kappa shape index (κ1) is 30.6. The Balaban J connectivity index is 2.41. The summed E-state index contributed by atoms with van der Waals surface area (Å²) in [5.74, 6) is 1.15.